The molecule has 0 aliphatic heterocycles. The smallest absolute Gasteiger partial charge is 0.140 e. The molecule has 0 radical (unpaired) electrons. The molecule has 5 heteroatoms. The monoisotopic (exact) mass is 225 g/mol. The molecule has 0 saturated carbocycles. The number of hydrogen-bond donors (Lipinski definition) is 1. The lowest BCUT2D eigenvalue weighted by atomic mass is 10.3. The summed E-state index contributed by atoms with van der Waals surface area (Å²) < 4.78 is 4.91. The number of benzene rings is 1. The molecule has 1 aromatic rings. The van der Waals surface area contributed by atoms with Gasteiger partial charge in [0, 0.05) is 6.07 Å². The zero-order valence-electron chi connectivity index (χ0n) is 6.20. The van der Waals surface area contributed by atoms with E-state index in [0.717, 1.165) is 0 Å². The van der Waals surface area contributed by atoms with E-state index in [1.807, 2.05) is 0 Å². The average molecular weight is 226 g/mol. The number of ether oxygens (including phenoxy) is 1. The SMILES string of the molecule is COc1cc(Cl)c(N)c(Cl)c1Cl. The van der Waals surface area contributed by atoms with E-state index in [0.29, 0.717) is 10.8 Å². The van der Waals surface area contributed by atoms with Gasteiger partial charge in [0.05, 0.1) is 22.8 Å². The number of hydrogen-bond acceptors (Lipinski definition) is 2. The summed E-state index contributed by atoms with van der Waals surface area (Å²) in [6.07, 6.45) is 0. The number of anilines is 1. The molecule has 2 N–H and O–H groups in total. The van der Waals surface area contributed by atoms with Crippen LogP contribution >= 0.6 is 34.8 Å². The molecule has 0 bridgehead atoms. The van der Waals surface area contributed by atoms with Crippen LogP contribution in [0.1, 0.15) is 0 Å². The Bertz CT molecular complexity index is 314. The highest BCUT2D eigenvalue weighted by molar-refractivity contribution is 6.46. The molecule has 1 rings (SSSR count). The van der Waals surface area contributed by atoms with Crippen molar-refractivity contribution < 1.29 is 4.74 Å². The van der Waals surface area contributed by atoms with E-state index in [1.165, 1.54) is 13.2 Å². The van der Waals surface area contributed by atoms with Crippen LogP contribution < -0.4 is 10.5 Å². The van der Waals surface area contributed by atoms with Crippen LogP contribution in [0.5, 0.6) is 5.75 Å². The second-order valence-corrected chi connectivity index (χ2v) is 3.27. The minimum absolute atomic E-state index is 0.223. The van der Waals surface area contributed by atoms with Gasteiger partial charge in [0.25, 0.3) is 0 Å². The highest BCUT2D eigenvalue weighted by Gasteiger charge is 2.12. The van der Waals surface area contributed by atoms with Crippen molar-refractivity contribution >= 4 is 40.5 Å². The van der Waals surface area contributed by atoms with Crippen molar-refractivity contribution in [3.8, 4) is 5.75 Å². The van der Waals surface area contributed by atoms with Gasteiger partial charge in [0.15, 0.2) is 0 Å². The third kappa shape index (κ3) is 1.56. The number of methoxy groups -OCH3 is 1. The quantitative estimate of drug-likeness (QED) is 0.589. The average Bonchev–Trinajstić information content (AvgIpc) is 2.08. The summed E-state index contributed by atoms with van der Waals surface area (Å²) in [5.41, 5.74) is 5.77. The first-order chi connectivity index (χ1) is 5.57. The summed E-state index contributed by atoms with van der Waals surface area (Å²) in [5, 5.41) is 0.836. The maximum atomic E-state index is 5.78. The van der Waals surface area contributed by atoms with Crippen molar-refractivity contribution in [1.82, 2.24) is 0 Å². The van der Waals surface area contributed by atoms with E-state index in [4.69, 9.17) is 45.3 Å². The first-order valence-corrected chi connectivity index (χ1v) is 4.18. The minimum Gasteiger partial charge on any atom is -0.495 e. The van der Waals surface area contributed by atoms with E-state index in [-0.39, 0.29) is 15.7 Å². The number of halogens is 3. The number of nitrogen functional groups attached to an aromatic ring is 1. The molecule has 12 heavy (non-hydrogen) atoms. The second-order valence-electron chi connectivity index (χ2n) is 2.10. The molecular formula is C7H6Cl3NO. The first-order valence-electron chi connectivity index (χ1n) is 3.05. The molecule has 0 aromatic heterocycles. The molecule has 0 fully saturated rings. The summed E-state index contributed by atoms with van der Waals surface area (Å²) >= 11 is 17.2. The van der Waals surface area contributed by atoms with Crippen molar-refractivity contribution in [2.45, 2.75) is 0 Å². The fourth-order valence-electron chi connectivity index (χ4n) is 0.736. The Morgan fingerprint density at radius 2 is 1.83 bits per heavy atom. The minimum atomic E-state index is 0.223. The Morgan fingerprint density at radius 3 is 2.33 bits per heavy atom. The Kier molecular flexibility index (Phi) is 2.94. The Morgan fingerprint density at radius 1 is 1.25 bits per heavy atom. The van der Waals surface area contributed by atoms with Gasteiger partial charge < -0.3 is 10.5 Å². The normalized spacial score (nSPS) is 10.0. The van der Waals surface area contributed by atoms with Crippen LogP contribution in [0, 0.1) is 0 Å². The largest absolute Gasteiger partial charge is 0.495 e. The van der Waals surface area contributed by atoms with Crippen molar-refractivity contribution in [3.05, 3.63) is 21.1 Å². The van der Waals surface area contributed by atoms with Gasteiger partial charge in [-0.3, -0.25) is 0 Å². The second kappa shape index (κ2) is 3.60. The third-order valence-corrected chi connectivity index (χ3v) is 2.56. The van der Waals surface area contributed by atoms with Gasteiger partial charge in [-0.2, -0.15) is 0 Å². The molecule has 0 aliphatic carbocycles. The Hall–Kier alpha value is -0.310. The maximum Gasteiger partial charge on any atom is 0.140 e. The highest BCUT2D eigenvalue weighted by atomic mass is 35.5. The highest BCUT2D eigenvalue weighted by Crippen LogP contribution is 2.40. The van der Waals surface area contributed by atoms with Gasteiger partial charge in [-0.05, 0) is 0 Å². The predicted molar refractivity (Wildman–Crippen MR) is 52.4 cm³/mol. The van der Waals surface area contributed by atoms with Crippen LogP contribution in [0.15, 0.2) is 6.07 Å². The molecule has 0 unspecified atom stereocenters. The predicted octanol–water partition coefficient (Wildman–Crippen LogP) is 3.24. The van der Waals surface area contributed by atoms with Crippen LogP contribution in [0.3, 0.4) is 0 Å². The molecule has 66 valence electrons. The maximum absolute atomic E-state index is 5.78. The molecule has 0 aliphatic rings. The molecule has 1 aromatic carbocycles. The van der Waals surface area contributed by atoms with Gasteiger partial charge in [-0.1, -0.05) is 34.8 Å². The molecule has 2 nitrogen and oxygen atoms in total. The number of nitrogens with two attached hydrogens (primary N) is 1. The summed E-state index contributed by atoms with van der Waals surface area (Å²) in [5.74, 6) is 0.417. The zero-order valence-corrected chi connectivity index (χ0v) is 8.46. The van der Waals surface area contributed by atoms with Gasteiger partial charge in [-0.25, -0.2) is 0 Å². The van der Waals surface area contributed by atoms with E-state index in [9.17, 15) is 0 Å². The van der Waals surface area contributed by atoms with Crippen molar-refractivity contribution in [3.63, 3.8) is 0 Å². The fraction of sp³-hybridized carbons (Fsp3) is 0.143. The van der Waals surface area contributed by atoms with E-state index >= 15 is 0 Å². The molecule has 0 atom stereocenters. The van der Waals surface area contributed by atoms with Crippen molar-refractivity contribution in [2.24, 2.45) is 0 Å². The van der Waals surface area contributed by atoms with Gasteiger partial charge in [0.1, 0.15) is 10.8 Å². The summed E-state index contributed by atoms with van der Waals surface area (Å²) in [7, 11) is 1.48. The Balaban J connectivity index is 3.39. The van der Waals surface area contributed by atoms with E-state index in [2.05, 4.69) is 0 Å². The molecular weight excluding hydrogens is 220 g/mol. The lowest BCUT2D eigenvalue weighted by Gasteiger charge is -2.07. The molecule has 0 saturated heterocycles. The fourth-order valence-corrected chi connectivity index (χ4v) is 1.41. The van der Waals surface area contributed by atoms with Crippen LogP contribution in [0.25, 0.3) is 0 Å². The molecule has 0 spiro atoms. The standard InChI is InChI=1S/C7H6Cl3NO/c1-12-4-2-3(8)7(11)6(10)5(4)9/h2H,11H2,1H3. The van der Waals surface area contributed by atoms with E-state index in [1.54, 1.807) is 0 Å². The van der Waals surface area contributed by atoms with Crippen LogP contribution in [0.4, 0.5) is 5.69 Å². The van der Waals surface area contributed by atoms with Gasteiger partial charge in [0.2, 0.25) is 0 Å². The van der Waals surface area contributed by atoms with Gasteiger partial charge in [-0.15, -0.1) is 0 Å². The van der Waals surface area contributed by atoms with Crippen LogP contribution in [0.2, 0.25) is 15.1 Å². The van der Waals surface area contributed by atoms with Crippen molar-refractivity contribution in [1.29, 1.82) is 0 Å². The van der Waals surface area contributed by atoms with Crippen molar-refractivity contribution in [2.75, 3.05) is 12.8 Å². The van der Waals surface area contributed by atoms with Gasteiger partial charge >= 0.3 is 0 Å². The Labute approximate surface area is 85.2 Å². The zero-order chi connectivity index (χ0) is 9.30. The molecule has 0 heterocycles. The number of rotatable bonds is 1. The van der Waals surface area contributed by atoms with Crippen LogP contribution in [-0.2, 0) is 0 Å². The summed E-state index contributed by atoms with van der Waals surface area (Å²) in [6.45, 7) is 0. The topological polar surface area (TPSA) is 35.2 Å². The molecule has 0 amide bonds. The summed E-state index contributed by atoms with van der Waals surface area (Å²) in [4.78, 5) is 0. The van der Waals surface area contributed by atoms with E-state index < -0.39 is 0 Å². The summed E-state index contributed by atoms with van der Waals surface area (Å²) in [6, 6.07) is 1.52. The first kappa shape index (κ1) is 9.78. The lowest BCUT2D eigenvalue weighted by Crippen LogP contribution is -1.92. The van der Waals surface area contributed by atoms with Crippen LogP contribution in [-0.4, -0.2) is 7.11 Å². The third-order valence-electron chi connectivity index (χ3n) is 1.38. The lowest BCUT2D eigenvalue weighted by molar-refractivity contribution is 0.415.